The maximum Gasteiger partial charge on any atom is 0.0372 e. The van der Waals surface area contributed by atoms with Crippen LogP contribution >= 0.6 is 0 Å². The van der Waals surface area contributed by atoms with Gasteiger partial charge in [-0.25, -0.2) is 0 Å². The van der Waals surface area contributed by atoms with Gasteiger partial charge in [0.05, 0.1) is 0 Å². The zero-order chi connectivity index (χ0) is 8.27. The number of benzene rings is 1. The Kier molecular flexibility index (Phi) is 2.53. The normalized spacial score (nSPS) is 10.2. The third-order valence-electron chi connectivity index (χ3n) is 1.85. The van der Waals surface area contributed by atoms with Crippen molar-refractivity contribution in [3.05, 3.63) is 29.8 Å². The summed E-state index contributed by atoms with van der Waals surface area (Å²) in [7, 11) is 1.96. The summed E-state index contributed by atoms with van der Waals surface area (Å²) < 4.78 is 0. The third kappa shape index (κ3) is 1.73. The maximum absolute atomic E-state index is 3.18. The van der Waals surface area contributed by atoms with Crippen molar-refractivity contribution >= 4 is 5.69 Å². The molecule has 0 aromatic heterocycles. The Hall–Kier alpha value is -0.980. The van der Waals surface area contributed by atoms with Gasteiger partial charge in [-0.3, -0.25) is 0 Å². The van der Waals surface area contributed by atoms with E-state index >= 15 is 0 Å². The molecule has 0 radical (unpaired) electrons. The molecule has 1 N–H and O–H groups in total. The van der Waals surface area contributed by atoms with Crippen LogP contribution in [0.1, 0.15) is 25.3 Å². The molecule has 0 atom stereocenters. The minimum absolute atomic E-state index is 0.596. The lowest BCUT2D eigenvalue weighted by Crippen LogP contribution is -1.96. The molecule has 1 nitrogen and oxygen atoms in total. The average Bonchev–Trinajstić information content (AvgIpc) is 2.04. The number of hydrogen-bond donors (Lipinski definition) is 1. The Morgan fingerprint density at radius 2 is 1.82 bits per heavy atom. The molecule has 0 bridgehead atoms. The second-order valence-electron chi connectivity index (χ2n) is 2.99. The van der Waals surface area contributed by atoms with Crippen LogP contribution in [-0.4, -0.2) is 7.05 Å². The second kappa shape index (κ2) is 3.42. The number of nitrogens with one attached hydrogen (secondary N) is 1. The Balaban J connectivity index is 3.02. The molecule has 0 heterocycles. The summed E-state index contributed by atoms with van der Waals surface area (Å²) >= 11 is 0. The van der Waals surface area contributed by atoms with Crippen molar-refractivity contribution in [3.8, 4) is 0 Å². The molecule has 1 aromatic rings. The maximum atomic E-state index is 3.18. The molecule has 1 heteroatoms. The first kappa shape index (κ1) is 8.12. The van der Waals surface area contributed by atoms with Crippen LogP contribution in [0.5, 0.6) is 0 Å². The Labute approximate surface area is 68.4 Å². The Morgan fingerprint density at radius 1 is 1.18 bits per heavy atom. The predicted octanol–water partition coefficient (Wildman–Crippen LogP) is 2.85. The molecule has 0 fully saturated rings. The first-order chi connectivity index (χ1) is 5.25. The lowest BCUT2D eigenvalue weighted by molar-refractivity contribution is 0.868. The van der Waals surface area contributed by atoms with E-state index < -0.39 is 0 Å². The van der Waals surface area contributed by atoms with Gasteiger partial charge >= 0.3 is 0 Å². The standard InChI is InChI=1S/C10H15N/c1-8(2)9-6-4-5-7-10(9)11-3/h4-8,11H,1-3H3. The number of rotatable bonds is 2. The fraction of sp³-hybridized carbons (Fsp3) is 0.400. The van der Waals surface area contributed by atoms with E-state index in [2.05, 4.69) is 43.4 Å². The first-order valence-electron chi connectivity index (χ1n) is 4.02. The van der Waals surface area contributed by atoms with Gasteiger partial charge < -0.3 is 5.32 Å². The van der Waals surface area contributed by atoms with Gasteiger partial charge in [0.15, 0.2) is 0 Å². The molecule has 1 aromatic carbocycles. The lowest BCUT2D eigenvalue weighted by atomic mass is 10.0. The highest BCUT2D eigenvalue weighted by atomic mass is 14.8. The van der Waals surface area contributed by atoms with Gasteiger partial charge in [0, 0.05) is 12.7 Å². The van der Waals surface area contributed by atoms with Crippen LogP contribution in [0, 0.1) is 0 Å². The third-order valence-corrected chi connectivity index (χ3v) is 1.85. The summed E-state index contributed by atoms with van der Waals surface area (Å²) in [4.78, 5) is 0. The minimum Gasteiger partial charge on any atom is -0.388 e. The highest BCUT2D eigenvalue weighted by Crippen LogP contribution is 2.22. The van der Waals surface area contributed by atoms with Crippen molar-refractivity contribution in [2.75, 3.05) is 12.4 Å². The number of anilines is 1. The summed E-state index contributed by atoms with van der Waals surface area (Å²) in [5.74, 6) is 0.596. The predicted molar refractivity (Wildman–Crippen MR) is 50.1 cm³/mol. The smallest absolute Gasteiger partial charge is 0.0372 e. The molecule has 0 aliphatic carbocycles. The van der Waals surface area contributed by atoms with Crippen molar-refractivity contribution in [1.29, 1.82) is 0 Å². The molecule has 0 spiro atoms. The van der Waals surface area contributed by atoms with Gasteiger partial charge in [0.1, 0.15) is 0 Å². The molecule has 11 heavy (non-hydrogen) atoms. The lowest BCUT2D eigenvalue weighted by Gasteiger charge is -2.10. The second-order valence-corrected chi connectivity index (χ2v) is 2.99. The van der Waals surface area contributed by atoms with Gasteiger partial charge in [-0.1, -0.05) is 32.0 Å². The van der Waals surface area contributed by atoms with E-state index in [4.69, 9.17) is 0 Å². The van der Waals surface area contributed by atoms with Crippen molar-refractivity contribution in [1.82, 2.24) is 0 Å². The van der Waals surface area contributed by atoms with Crippen LogP contribution in [0.4, 0.5) is 5.69 Å². The molecule has 0 saturated carbocycles. The molecule has 1 rings (SSSR count). The van der Waals surface area contributed by atoms with Crippen LogP contribution in [0.3, 0.4) is 0 Å². The van der Waals surface area contributed by atoms with Gasteiger partial charge in [0.25, 0.3) is 0 Å². The molecule has 0 amide bonds. The molecule has 0 aliphatic heterocycles. The Bertz CT molecular complexity index is 228. The zero-order valence-corrected chi connectivity index (χ0v) is 7.39. The fourth-order valence-electron chi connectivity index (χ4n) is 1.23. The highest BCUT2D eigenvalue weighted by molar-refractivity contribution is 5.51. The number of hydrogen-bond acceptors (Lipinski definition) is 1. The van der Waals surface area contributed by atoms with E-state index in [1.165, 1.54) is 11.3 Å². The zero-order valence-electron chi connectivity index (χ0n) is 7.39. The van der Waals surface area contributed by atoms with E-state index in [0.717, 1.165) is 0 Å². The molecule has 0 unspecified atom stereocenters. The van der Waals surface area contributed by atoms with Gasteiger partial charge in [-0.2, -0.15) is 0 Å². The monoisotopic (exact) mass is 149 g/mol. The van der Waals surface area contributed by atoms with E-state index in [1.807, 2.05) is 7.05 Å². The van der Waals surface area contributed by atoms with Crippen molar-refractivity contribution in [3.63, 3.8) is 0 Å². The topological polar surface area (TPSA) is 12.0 Å². The summed E-state index contributed by atoms with van der Waals surface area (Å²) in [5.41, 5.74) is 2.62. The minimum atomic E-state index is 0.596. The van der Waals surface area contributed by atoms with Crippen molar-refractivity contribution in [2.24, 2.45) is 0 Å². The molecule has 0 saturated heterocycles. The van der Waals surface area contributed by atoms with E-state index in [1.54, 1.807) is 0 Å². The van der Waals surface area contributed by atoms with E-state index in [-0.39, 0.29) is 0 Å². The molecular formula is C10H15N. The largest absolute Gasteiger partial charge is 0.388 e. The number of para-hydroxylation sites is 1. The highest BCUT2D eigenvalue weighted by Gasteiger charge is 2.02. The van der Waals surface area contributed by atoms with E-state index in [0.29, 0.717) is 5.92 Å². The van der Waals surface area contributed by atoms with Crippen LogP contribution in [0.15, 0.2) is 24.3 Å². The molecular weight excluding hydrogens is 134 g/mol. The first-order valence-corrected chi connectivity index (χ1v) is 4.02. The summed E-state index contributed by atoms with van der Waals surface area (Å²) in [6.45, 7) is 4.41. The Morgan fingerprint density at radius 3 is 2.27 bits per heavy atom. The van der Waals surface area contributed by atoms with Gasteiger partial charge in [-0.15, -0.1) is 0 Å². The SMILES string of the molecule is CNc1ccccc1C(C)C. The van der Waals surface area contributed by atoms with Gasteiger partial charge in [0.2, 0.25) is 0 Å². The summed E-state index contributed by atoms with van der Waals surface area (Å²) in [6.07, 6.45) is 0. The van der Waals surface area contributed by atoms with Crippen molar-refractivity contribution in [2.45, 2.75) is 19.8 Å². The van der Waals surface area contributed by atoms with Gasteiger partial charge in [-0.05, 0) is 17.5 Å². The average molecular weight is 149 g/mol. The quantitative estimate of drug-likeness (QED) is 0.681. The fourth-order valence-corrected chi connectivity index (χ4v) is 1.23. The molecule has 0 aliphatic rings. The summed E-state index contributed by atoms with van der Waals surface area (Å²) in [5, 5.41) is 3.18. The molecule has 60 valence electrons. The van der Waals surface area contributed by atoms with Crippen LogP contribution < -0.4 is 5.32 Å². The van der Waals surface area contributed by atoms with Crippen molar-refractivity contribution < 1.29 is 0 Å². The van der Waals surface area contributed by atoms with Crippen LogP contribution in [0.2, 0.25) is 0 Å². The van der Waals surface area contributed by atoms with E-state index in [9.17, 15) is 0 Å². The summed E-state index contributed by atoms with van der Waals surface area (Å²) in [6, 6.07) is 8.40. The van der Waals surface area contributed by atoms with Crippen LogP contribution in [-0.2, 0) is 0 Å². The van der Waals surface area contributed by atoms with Crippen LogP contribution in [0.25, 0.3) is 0 Å².